The number of fused-ring (bicyclic) bond motifs is 2. The van der Waals surface area contributed by atoms with Gasteiger partial charge in [-0.25, -0.2) is 4.79 Å². The number of amides is 3. The van der Waals surface area contributed by atoms with E-state index in [1.54, 1.807) is 55.5 Å². The Balaban J connectivity index is 1.50. The molecule has 2 aliphatic heterocycles. The van der Waals surface area contributed by atoms with Crippen LogP contribution in [0.1, 0.15) is 24.2 Å². The summed E-state index contributed by atoms with van der Waals surface area (Å²) in [6, 6.07) is 9.78. The summed E-state index contributed by atoms with van der Waals surface area (Å²) in [6.45, 7) is 5.83. The highest BCUT2D eigenvalue weighted by Gasteiger charge is 2.25. The van der Waals surface area contributed by atoms with Gasteiger partial charge in [-0.1, -0.05) is 6.92 Å². The van der Waals surface area contributed by atoms with Crippen LogP contribution in [0.4, 0.5) is 16.2 Å². The van der Waals surface area contributed by atoms with Crippen molar-refractivity contribution in [3.63, 3.8) is 0 Å². The van der Waals surface area contributed by atoms with Crippen LogP contribution >= 0.6 is 0 Å². The van der Waals surface area contributed by atoms with E-state index in [2.05, 4.69) is 22.9 Å². The molecule has 2 aromatic rings. The summed E-state index contributed by atoms with van der Waals surface area (Å²) in [7, 11) is 3.41. The van der Waals surface area contributed by atoms with E-state index in [1.165, 1.54) is 0 Å². The smallest absolute Gasteiger partial charge is 0.323 e. The van der Waals surface area contributed by atoms with Gasteiger partial charge in [-0.15, -0.1) is 0 Å². The zero-order valence-corrected chi connectivity index (χ0v) is 20.4. The molecule has 0 aliphatic carbocycles. The van der Waals surface area contributed by atoms with Crippen LogP contribution in [-0.2, 0) is 4.74 Å². The van der Waals surface area contributed by atoms with Crippen LogP contribution < -0.4 is 30.2 Å². The van der Waals surface area contributed by atoms with Gasteiger partial charge >= 0.3 is 6.03 Å². The number of benzene rings is 2. The minimum Gasteiger partial charge on any atom is -0.491 e. The fourth-order valence-corrected chi connectivity index (χ4v) is 4.00. The summed E-state index contributed by atoms with van der Waals surface area (Å²) in [5.74, 6) is 1.65. The predicted octanol–water partition coefficient (Wildman–Crippen LogP) is 3.15. The van der Waals surface area contributed by atoms with Crippen molar-refractivity contribution in [1.82, 2.24) is 10.2 Å². The van der Waals surface area contributed by atoms with Gasteiger partial charge < -0.3 is 39.8 Å². The normalized spacial score (nSPS) is 22.3. The summed E-state index contributed by atoms with van der Waals surface area (Å²) in [4.78, 5) is 27.5. The Morgan fingerprint density at radius 3 is 2.46 bits per heavy atom. The molecule has 0 fully saturated rings. The molecule has 0 aromatic heterocycles. The van der Waals surface area contributed by atoms with Crippen molar-refractivity contribution in [3.8, 4) is 17.2 Å². The molecule has 0 saturated carbocycles. The number of methoxy groups -OCH3 is 1. The number of carbonyl (C=O) groups is 2. The Labute approximate surface area is 204 Å². The van der Waals surface area contributed by atoms with Crippen molar-refractivity contribution in [1.29, 1.82) is 0 Å². The molecule has 4 rings (SSSR count). The number of carbonyl (C=O) groups excluding carboxylic acids is 2. The number of hydrogen-bond acceptors (Lipinski definition) is 7. The molecule has 3 amide bonds. The highest BCUT2D eigenvalue weighted by Crippen LogP contribution is 2.34. The standard InChI is InChI=1S/C25H32N4O6/c1-15-11-26-16(2)13-33-21-9-17(5-7-19(21)24(30)29(3)12-23(15)32-4)27-25(31)28-18-6-8-20-22(10-18)35-14-34-20/h5-10,15-16,23,26H,11-14H2,1-4H3,(H2,27,28,31)/t15-,16+,23+/m0/s1. The van der Waals surface area contributed by atoms with Gasteiger partial charge in [0.1, 0.15) is 12.4 Å². The monoisotopic (exact) mass is 484 g/mol. The molecular formula is C25H32N4O6. The van der Waals surface area contributed by atoms with Crippen molar-refractivity contribution in [2.75, 3.05) is 51.3 Å². The van der Waals surface area contributed by atoms with Crippen LogP contribution in [0, 0.1) is 5.92 Å². The van der Waals surface area contributed by atoms with Crippen molar-refractivity contribution in [2.45, 2.75) is 26.0 Å². The predicted molar refractivity (Wildman–Crippen MR) is 132 cm³/mol. The average Bonchev–Trinajstić information content (AvgIpc) is 3.31. The molecule has 2 aromatic carbocycles. The van der Waals surface area contributed by atoms with E-state index in [0.29, 0.717) is 47.3 Å². The lowest BCUT2D eigenvalue weighted by Crippen LogP contribution is -2.44. The third kappa shape index (κ3) is 5.95. The summed E-state index contributed by atoms with van der Waals surface area (Å²) in [5, 5.41) is 9.02. The Bertz CT molecular complexity index is 1080. The molecule has 10 nitrogen and oxygen atoms in total. The summed E-state index contributed by atoms with van der Waals surface area (Å²) in [5.41, 5.74) is 1.48. The van der Waals surface area contributed by atoms with Crippen LogP contribution in [-0.4, -0.2) is 69.6 Å². The number of nitrogens with one attached hydrogen (secondary N) is 3. The maximum Gasteiger partial charge on any atom is 0.323 e. The maximum atomic E-state index is 13.2. The lowest BCUT2D eigenvalue weighted by Gasteiger charge is -2.30. The summed E-state index contributed by atoms with van der Waals surface area (Å²) < 4.78 is 22.3. The second kappa shape index (κ2) is 10.8. The van der Waals surface area contributed by atoms with Gasteiger partial charge in [0, 0.05) is 56.8 Å². The number of urea groups is 1. The van der Waals surface area contributed by atoms with Gasteiger partial charge in [-0.2, -0.15) is 0 Å². The third-order valence-electron chi connectivity index (χ3n) is 6.12. The van der Waals surface area contributed by atoms with Gasteiger partial charge in [0.05, 0.1) is 11.7 Å². The molecule has 0 spiro atoms. The van der Waals surface area contributed by atoms with E-state index in [4.69, 9.17) is 18.9 Å². The minimum atomic E-state index is -0.438. The Morgan fingerprint density at radius 2 is 1.71 bits per heavy atom. The maximum absolute atomic E-state index is 13.2. The number of anilines is 2. The Hall–Kier alpha value is -3.50. The van der Waals surface area contributed by atoms with E-state index >= 15 is 0 Å². The van der Waals surface area contributed by atoms with Crippen LogP contribution in [0.25, 0.3) is 0 Å². The van der Waals surface area contributed by atoms with Gasteiger partial charge in [0.2, 0.25) is 6.79 Å². The zero-order chi connectivity index (χ0) is 24.9. The fourth-order valence-electron chi connectivity index (χ4n) is 4.00. The number of hydrogen-bond donors (Lipinski definition) is 3. The number of rotatable bonds is 3. The first-order chi connectivity index (χ1) is 16.8. The molecule has 35 heavy (non-hydrogen) atoms. The van der Waals surface area contributed by atoms with E-state index < -0.39 is 6.03 Å². The first kappa shape index (κ1) is 24.6. The molecule has 3 atom stereocenters. The van der Waals surface area contributed by atoms with Crippen molar-refractivity contribution >= 4 is 23.3 Å². The van der Waals surface area contributed by atoms with Crippen LogP contribution in [0.3, 0.4) is 0 Å². The van der Waals surface area contributed by atoms with E-state index in [1.807, 2.05) is 6.92 Å². The van der Waals surface area contributed by atoms with E-state index in [0.717, 1.165) is 6.54 Å². The van der Waals surface area contributed by atoms with E-state index in [9.17, 15) is 9.59 Å². The number of ether oxygens (including phenoxy) is 4. The number of likely N-dealkylation sites (N-methyl/N-ethyl adjacent to an activating group) is 1. The van der Waals surface area contributed by atoms with Gasteiger partial charge in [0.15, 0.2) is 11.5 Å². The molecule has 10 heteroatoms. The highest BCUT2D eigenvalue weighted by atomic mass is 16.7. The second-order valence-corrected chi connectivity index (χ2v) is 8.92. The quantitative estimate of drug-likeness (QED) is 0.614. The van der Waals surface area contributed by atoms with E-state index in [-0.39, 0.29) is 30.8 Å². The Morgan fingerprint density at radius 1 is 1.03 bits per heavy atom. The Kier molecular flexibility index (Phi) is 7.62. The molecule has 0 unspecified atom stereocenters. The van der Waals surface area contributed by atoms with Crippen molar-refractivity contribution in [2.24, 2.45) is 5.92 Å². The van der Waals surface area contributed by atoms with Gasteiger partial charge in [0.25, 0.3) is 5.91 Å². The van der Waals surface area contributed by atoms with Crippen molar-refractivity contribution in [3.05, 3.63) is 42.0 Å². The molecule has 0 radical (unpaired) electrons. The lowest BCUT2D eigenvalue weighted by atomic mass is 10.0. The highest BCUT2D eigenvalue weighted by molar-refractivity contribution is 6.01. The molecule has 0 bridgehead atoms. The number of nitrogens with zero attached hydrogens (tertiary/aromatic N) is 1. The molecule has 0 saturated heterocycles. The van der Waals surface area contributed by atoms with Gasteiger partial charge in [-0.05, 0) is 37.1 Å². The molecule has 2 aliphatic rings. The second-order valence-electron chi connectivity index (χ2n) is 8.92. The summed E-state index contributed by atoms with van der Waals surface area (Å²) >= 11 is 0. The minimum absolute atomic E-state index is 0.0565. The molecule has 2 heterocycles. The fraction of sp³-hybridized carbons (Fsp3) is 0.440. The SMILES string of the molecule is CO[C@@H]1CN(C)C(=O)c2ccc(NC(=O)Nc3ccc4c(c3)OCO4)cc2OC[C@@H](C)NC[C@@H]1C. The summed E-state index contributed by atoms with van der Waals surface area (Å²) in [6.07, 6.45) is -0.103. The van der Waals surface area contributed by atoms with Crippen LogP contribution in [0.5, 0.6) is 17.2 Å². The van der Waals surface area contributed by atoms with Crippen molar-refractivity contribution < 1.29 is 28.5 Å². The third-order valence-corrected chi connectivity index (χ3v) is 6.12. The first-order valence-corrected chi connectivity index (χ1v) is 11.6. The first-order valence-electron chi connectivity index (χ1n) is 11.6. The topological polar surface area (TPSA) is 110 Å². The van der Waals surface area contributed by atoms with Crippen LogP contribution in [0.15, 0.2) is 36.4 Å². The zero-order valence-electron chi connectivity index (χ0n) is 20.4. The molecular weight excluding hydrogens is 452 g/mol. The van der Waals surface area contributed by atoms with Crippen LogP contribution in [0.2, 0.25) is 0 Å². The largest absolute Gasteiger partial charge is 0.491 e. The average molecular weight is 485 g/mol. The molecule has 3 N–H and O–H groups in total. The van der Waals surface area contributed by atoms with Gasteiger partial charge in [-0.3, -0.25) is 4.79 Å². The molecule has 188 valence electrons. The lowest BCUT2D eigenvalue weighted by molar-refractivity contribution is 0.0281.